The van der Waals surface area contributed by atoms with Gasteiger partial charge < -0.3 is 15.2 Å². The van der Waals surface area contributed by atoms with E-state index in [1.54, 1.807) is 0 Å². The van der Waals surface area contributed by atoms with Crippen molar-refractivity contribution in [3.63, 3.8) is 0 Å². The van der Waals surface area contributed by atoms with Crippen LogP contribution in [-0.2, 0) is 20.9 Å². The fourth-order valence-electron chi connectivity index (χ4n) is 3.83. The highest BCUT2D eigenvalue weighted by molar-refractivity contribution is 5.96. The normalized spacial score (nSPS) is 20.1. The topological polar surface area (TPSA) is 75.6 Å². The molecule has 1 aliphatic rings. The van der Waals surface area contributed by atoms with Crippen molar-refractivity contribution < 1.29 is 19.4 Å². The van der Waals surface area contributed by atoms with Gasteiger partial charge in [-0.05, 0) is 52.0 Å². The van der Waals surface area contributed by atoms with Gasteiger partial charge in [0.2, 0.25) is 0 Å². The van der Waals surface area contributed by atoms with Crippen molar-refractivity contribution in [2.45, 2.75) is 58.2 Å². The van der Waals surface area contributed by atoms with E-state index in [9.17, 15) is 14.7 Å². The Labute approximate surface area is 149 Å². The molecule has 2 rings (SSSR count). The lowest BCUT2D eigenvalue weighted by atomic mass is 9.73. The summed E-state index contributed by atoms with van der Waals surface area (Å²) in [7, 11) is 0. The molecule has 0 spiro atoms. The Bertz CT molecular complexity index is 646. The summed E-state index contributed by atoms with van der Waals surface area (Å²) in [5.74, 6) is -1.84. The maximum Gasteiger partial charge on any atom is 0.334 e. The third-order valence-electron chi connectivity index (χ3n) is 4.36. The average Bonchev–Trinajstić information content (AvgIpc) is 2.48. The van der Waals surface area contributed by atoms with Crippen LogP contribution < -0.4 is 5.32 Å². The lowest BCUT2D eigenvalue weighted by Gasteiger charge is -2.46. The van der Waals surface area contributed by atoms with Crippen LogP contribution in [0.2, 0.25) is 0 Å². The quantitative estimate of drug-likeness (QED) is 0.632. The van der Waals surface area contributed by atoms with Crippen LogP contribution in [0.1, 0.15) is 46.1 Å². The van der Waals surface area contributed by atoms with E-state index in [4.69, 9.17) is 4.74 Å². The van der Waals surface area contributed by atoms with E-state index in [2.05, 4.69) is 33.0 Å². The van der Waals surface area contributed by atoms with Crippen molar-refractivity contribution in [3.8, 4) is 0 Å². The van der Waals surface area contributed by atoms with Crippen molar-refractivity contribution >= 4 is 11.9 Å². The zero-order valence-corrected chi connectivity index (χ0v) is 15.3. The summed E-state index contributed by atoms with van der Waals surface area (Å²) < 4.78 is 5.39. The molecule has 0 bridgehead atoms. The molecule has 25 heavy (non-hydrogen) atoms. The fraction of sp³-hybridized carbons (Fsp3) is 0.500. The van der Waals surface area contributed by atoms with Gasteiger partial charge in [-0.15, -0.1) is 0 Å². The van der Waals surface area contributed by atoms with E-state index < -0.39 is 11.9 Å². The first-order valence-electron chi connectivity index (χ1n) is 8.53. The molecule has 1 heterocycles. The lowest BCUT2D eigenvalue weighted by Crippen LogP contribution is -2.58. The molecule has 0 saturated carbocycles. The van der Waals surface area contributed by atoms with Crippen LogP contribution in [0.5, 0.6) is 0 Å². The van der Waals surface area contributed by atoms with Crippen LogP contribution in [0.4, 0.5) is 0 Å². The Morgan fingerprint density at radius 2 is 1.72 bits per heavy atom. The van der Waals surface area contributed by atoms with Gasteiger partial charge in [0.15, 0.2) is 0 Å². The van der Waals surface area contributed by atoms with Gasteiger partial charge in [0.05, 0.1) is 0 Å². The van der Waals surface area contributed by atoms with E-state index in [1.807, 2.05) is 30.3 Å². The minimum atomic E-state index is -1.12. The Balaban J connectivity index is 2.18. The Hall–Kier alpha value is -2.14. The van der Waals surface area contributed by atoms with Crippen molar-refractivity contribution in [2.24, 2.45) is 5.92 Å². The van der Waals surface area contributed by atoms with Crippen molar-refractivity contribution in [1.29, 1.82) is 0 Å². The minimum absolute atomic E-state index is 0.133. The van der Waals surface area contributed by atoms with Gasteiger partial charge in [-0.3, -0.25) is 0 Å². The standard InChI is InChI=1S/C20H27NO4/c1-19(2)11-15(12-20(3,4)21-19)16(10-17(22)23)18(24)25-13-14-8-6-5-7-9-14/h5-10,15,21H,11-13H2,1-4H3,(H,22,23). The maximum atomic E-state index is 12.6. The van der Waals surface area contributed by atoms with E-state index in [1.165, 1.54) is 0 Å². The number of piperidine rings is 1. The molecule has 1 aromatic rings. The number of rotatable bonds is 5. The number of benzene rings is 1. The second-order valence-corrected chi connectivity index (χ2v) is 8.00. The monoisotopic (exact) mass is 345 g/mol. The molecule has 0 aliphatic carbocycles. The van der Waals surface area contributed by atoms with Crippen LogP contribution >= 0.6 is 0 Å². The van der Waals surface area contributed by atoms with Crippen LogP contribution in [0.15, 0.2) is 42.0 Å². The van der Waals surface area contributed by atoms with Gasteiger partial charge in [0, 0.05) is 22.7 Å². The van der Waals surface area contributed by atoms with Gasteiger partial charge >= 0.3 is 11.9 Å². The van der Waals surface area contributed by atoms with Gasteiger partial charge in [-0.1, -0.05) is 30.3 Å². The van der Waals surface area contributed by atoms with Crippen molar-refractivity contribution in [1.82, 2.24) is 5.32 Å². The third-order valence-corrected chi connectivity index (χ3v) is 4.36. The third kappa shape index (κ3) is 5.71. The van der Waals surface area contributed by atoms with Crippen LogP contribution in [0, 0.1) is 5.92 Å². The summed E-state index contributed by atoms with van der Waals surface area (Å²) in [6.45, 7) is 8.39. The molecular formula is C20H27NO4. The molecular weight excluding hydrogens is 318 g/mol. The predicted molar refractivity (Wildman–Crippen MR) is 96.0 cm³/mol. The smallest absolute Gasteiger partial charge is 0.334 e. The predicted octanol–water partition coefficient (Wildman–Crippen LogP) is 3.30. The molecule has 5 heteroatoms. The summed E-state index contributed by atoms with van der Waals surface area (Å²) in [5.41, 5.74) is 0.732. The molecule has 0 radical (unpaired) electrons. The summed E-state index contributed by atoms with van der Waals surface area (Å²) in [4.78, 5) is 23.9. The molecule has 0 atom stereocenters. The molecule has 0 amide bonds. The van der Waals surface area contributed by atoms with Crippen LogP contribution in [0.25, 0.3) is 0 Å². The molecule has 5 nitrogen and oxygen atoms in total. The summed E-state index contributed by atoms with van der Waals surface area (Å²) in [6.07, 6.45) is 2.36. The van der Waals surface area contributed by atoms with Crippen molar-refractivity contribution in [3.05, 3.63) is 47.5 Å². The Kier molecular flexibility index (Phi) is 5.68. The molecule has 136 valence electrons. The van der Waals surface area contributed by atoms with Gasteiger partial charge in [-0.25, -0.2) is 9.59 Å². The minimum Gasteiger partial charge on any atom is -0.478 e. The van der Waals surface area contributed by atoms with Crippen LogP contribution in [0.3, 0.4) is 0 Å². The second kappa shape index (κ2) is 7.40. The average molecular weight is 345 g/mol. The fourth-order valence-corrected chi connectivity index (χ4v) is 3.83. The van der Waals surface area contributed by atoms with E-state index in [0.717, 1.165) is 11.6 Å². The number of carboxylic acid groups (broad SMARTS) is 1. The highest BCUT2D eigenvalue weighted by Crippen LogP contribution is 2.37. The van der Waals surface area contributed by atoms with Crippen LogP contribution in [-0.4, -0.2) is 28.1 Å². The molecule has 1 aliphatic heterocycles. The first-order valence-corrected chi connectivity index (χ1v) is 8.53. The molecule has 0 unspecified atom stereocenters. The lowest BCUT2D eigenvalue weighted by molar-refractivity contribution is -0.142. The SMILES string of the molecule is CC1(C)CC(C(=CC(=O)O)C(=O)OCc2ccccc2)CC(C)(C)N1. The van der Waals surface area contributed by atoms with Gasteiger partial charge in [0.25, 0.3) is 0 Å². The highest BCUT2D eigenvalue weighted by Gasteiger charge is 2.40. The molecule has 2 N–H and O–H groups in total. The highest BCUT2D eigenvalue weighted by atomic mass is 16.5. The molecule has 1 saturated heterocycles. The summed E-state index contributed by atoms with van der Waals surface area (Å²) in [6, 6.07) is 9.36. The number of aliphatic carboxylic acids is 1. The van der Waals surface area contributed by atoms with Crippen molar-refractivity contribution in [2.75, 3.05) is 0 Å². The van der Waals surface area contributed by atoms with E-state index >= 15 is 0 Å². The summed E-state index contributed by atoms with van der Waals surface area (Å²) in [5, 5.41) is 12.7. The number of hydrogen-bond donors (Lipinski definition) is 2. The largest absolute Gasteiger partial charge is 0.478 e. The number of esters is 1. The number of nitrogens with one attached hydrogen (secondary N) is 1. The number of carbonyl (C=O) groups is 2. The Morgan fingerprint density at radius 3 is 2.24 bits per heavy atom. The Morgan fingerprint density at radius 1 is 1.16 bits per heavy atom. The number of carbonyl (C=O) groups excluding carboxylic acids is 1. The van der Waals surface area contributed by atoms with E-state index in [0.29, 0.717) is 12.8 Å². The second-order valence-electron chi connectivity index (χ2n) is 8.00. The number of carboxylic acids is 1. The molecule has 1 fully saturated rings. The number of ether oxygens (including phenoxy) is 1. The van der Waals surface area contributed by atoms with E-state index in [-0.39, 0.29) is 29.2 Å². The zero-order chi connectivity index (χ0) is 18.7. The first kappa shape index (κ1) is 19.2. The summed E-state index contributed by atoms with van der Waals surface area (Å²) >= 11 is 0. The van der Waals surface area contributed by atoms with Gasteiger partial charge in [0.1, 0.15) is 6.61 Å². The van der Waals surface area contributed by atoms with Gasteiger partial charge in [-0.2, -0.15) is 0 Å². The molecule has 1 aromatic carbocycles. The molecule has 0 aromatic heterocycles. The maximum absolute atomic E-state index is 12.6. The number of hydrogen-bond acceptors (Lipinski definition) is 4. The first-order chi connectivity index (χ1) is 11.6. The zero-order valence-electron chi connectivity index (χ0n) is 15.3.